The predicted octanol–water partition coefficient (Wildman–Crippen LogP) is 4.80. The fraction of sp³-hybridized carbons (Fsp3) is 0.280. The van der Waals surface area contributed by atoms with Gasteiger partial charge in [-0.25, -0.2) is 18.1 Å². The molecule has 3 aromatic rings. The van der Waals surface area contributed by atoms with Gasteiger partial charge in [0.25, 0.3) is 15.9 Å². The number of hydrogen-bond donors (Lipinski definition) is 2. The standard InChI is InChI=1S/C25H29N3O4S/c1-15-13-16(2)22(17(3)14-15)32-24-18(11-12-21(27-24)25(4,5)6)23(29)28-33(30,31)20-10-8-7-9-19(20)26/h7-14H,26H2,1-6H3,(H,28,29). The van der Waals surface area contributed by atoms with Gasteiger partial charge in [-0.1, -0.05) is 50.6 Å². The van der Waals surface area contributed by atoms with E-state index in [9.17, 15) is 13.2 Å². The summed E-state index contributed by atoms with van der Waals surface area (Å²) in [5, 5.41) is 0. The van der Waals surface area contributed by atoms with Crippen molar-refractivity contribution in [1.29, 1.82) is 0 Å². The highest BCUT2D eigenvalue weighted by Gasteiger charge is 2.26. The van der Waals surface area contributed by atoms with Crippen LogP contribution in [0.5, 0.6) is 11.6 Å². The van der Waals surface area contributed by atoms with E-state index in [1.54, 1.807) is 12.1 Å². The Hall–Kier alpha value is -3.39. The van der Waals surface area contributed by atoms with Crippen LogP contribution in [0.25, 0.3) is 0 Å². The van der Waals surface area contributed by atoms with Gasteiger partial charge in [0.2, 0.25) is 5.88 Å². The SMILES string of the molecule is Cc1cc(C)c(Oc2nc(C(C)(C)C)ccc2C(=O)NS(=O)(=O)c2ccccc2N)c(C)c1. The van der Waals surface area contributed by atoms with E-state index in [4.69, 9.17) is 10.5 Å². The van der Waals surface area contributed by atoms with Crippen LogP contribution in [0.1, 0.15) is 53.5 Å². The monoisotopic (exact) mass is 467 g/mol. The van der Waals surface area contributed by atoms with Crippen LogP contribution in [0.3, 0.4) is 0 Å². The van der Waals surface area contributed by atoms with Crippen molar-refractivity contribution >= 4 is 21.6 Å². The highest BCUT2D eigenvalue weighted by atomic mass is 32.2. The number of nitrogens with two attached hydrogens (primary N) is 1. The van der Waals surface area contributed by atoms with E-state index < -0.39 is 15.9 Å². The number of ether oxygens (including phenoxy) is 1. The molecule has 0 aliphatic heterocycles. The molecule has 174 valence electrons. The molecule has 0 atom stereocenters. The Morgan fingerprint density at radius 3 is 2.18 bits per heavy atom. The summed E-state index contributed by atoms with van der Waals surface area (Å²) >= 11 is 0. The van der Waals surface area contributed by atoms with Crippen molar-refractivity contribution in [2.75, 3.05) is 5.73 Å². The molecule has 0 fully saturated rings. The number of amides is 1. The number of nitrogen functional groups attached to an aromatic ring is 1. The highest BCUT2D eigenvalue weighted by Crippen LogP contribution is 2.33. The van der Waals surface area contributed by atoms with Gasteiger partial charge in [-0.05, 0) is 56.2 Å². The average Bonchev–Trinajstić information content (AvgIpc) is 2.69. The van der Waals surface area contributed by atoms with E-state index in [0.717, 1.165) is 16.7 Å². The number of carbonyl (C=O) groups excluding carboxylic acids is 1. The second-order valence-corrected chi connectivity index (χ2v) is 10.8. The number of hydrogen-bond acceptors (Lipinski definition) is 6. The topological polar surface area (TPSA) is 111 Å². The maximum absolute atomic E-state index is 13.1. The van der Waals surface area contributed by atoms with Gasteiger partial charge in [0.1, 0.15) is 16.2 Å². The molecular formula is C25H29N3O4S. The van der Waals surface area contributed by atoms with Gasteiger partial charge >= 0.3 is 0 Å². The van der Waals surface area contributed by atoms with Crippen LogP contribution in [0.15, 0.2) is 53.4 Å². The Kier molecular flexibility index (Phi) is 6.51. The van der Waals surface area contributed by atoms with E-state index >= 15 is 0 Å². The van der Waals surface area contributed by atoms with Crippen LogP contribution >= 0.6 is 0 Å². The van der Waals surface area contributed by atoms with E-state index in [1.807, 2.05) is 53.7 Å². The first-order valence-electron chi connectivity index (χ1n) is 10.5. The molecule has 0 saturated heterocycles. The number of aromatic nitrogens is 1. The summed E-state index contributed by atoms with van der Waals surface area (Å²) < 4.78 is 33.8. The van der Waals surface area contributed by atoms with Gasteiger partial charge in [0.15, 0.2) is 0 Å². The van der Waals surface area contributed by atoms with Crippen molar-refractivity contribution in [1.82, 2.24) is 9.71 Å². The molecule has 0 spiro atoms. The van der Waals surface area contributed by atoms with E-state index in [-0.39, 0.29) is 27.4 Å². The maximum atomic E-state index is 13.1. The fourth-order valence-electron chi connectivity index (χ4n) is 3.49. The maximum Gasteiger partial charge on any atom is 0.270 e. The smallest absolute Gasteiger partial charge is 0.270 e. The third-order valence-corrected chi connectivity index (χ3v) is 6.52. The Morgan fingerprint density at radius 2 is 1.61 bits per heavy atom. The minimum atomic E-state index is -4.20. The van der Waals surface area contributed by atoms with Crippen molar-refractivity contribution in [3.05, 3.63) is 76.5 Å². The predicted molar refractivity (Wildman–Crippen MR) is 129 cm³/mol. The average molecular weight is 468 g/mol. The molecule has 8 heteroatoms. The molecule has 0 aliphatic carbocycles. The lowest BCUT2D eigenvalue weighted by atomic mass is 9.91. The summed E-state index contributed by atoms with van der Waals surface area (Å²) in [6.07, 6.45) is 0. The molecule has 1 heterocycles. The zero-order valence-electron chi connectivity index (χ0n) is 19.7. The van der Waals surface area contributed by atoms with Crippen LogP contribution < -0.4 is 15.2 Å². The molecule has 33 heavy (non-hydrogen) atoms. The van der Waals surface area contributed by atoms with E-state index in [1.165, 1.54) is 24.3 Å². The van der Waals surface area contributed by atoms with Crippen molar-refractivity contribution < 1.29 is 17.9 Å². The normalized spacial score (nSPS) is 11.8. The van der Waals surface area contributed by atoms with Crippen LogP contribution in [-0.2, 0) is 15.4 Å². The summed E-state index contributed by atoms with van der Waals surface area (Å²) in [4.78, 5) is 17.5. The molecule has 2 aromatic carbocycles. The van der Waals surface area contributed by atoms with Crippen molar-refractivity contribution in [2.45, 2.75) is 51.9 Å². The molecule has 3 rings (SSSR count). The van der Waals surface area contributed by atoms with Crippen molar-refractivity contribution in [3.8, 4) is 11.6 Å². The number of rotatable bonds is 5. The van der Waals surface area contributed by atoms with Gasteiger partial charge in [-0.15, -0.1) is 0 Å². The molecule has 0 bridgehead atoms. The number of nitrogens with zero attached hydrogens (tertiary/aromatic N) is 1. The van der Waals surface area contributed by atoms with Crippen LogP contribution in [-0.4, -0.2) is 19.3 Å². The van der Waals surface area contributed by atoms with E-state index in [0.29, 0.717) is 11.4 Å². The molecule has 0 saturated carbocycles. The largest absolute Gasteiger partial charge is 0.438 e. The lowest BCUT2D eigenvalue weighted by Gasteiger charge is -2.21. The van der Waals surface area contributed by atoms with Gasteiger partial charge in [-0.2, -0.15) is 0 Å². The van der Waals surface area contributed by atoms with Gasteiger partial charge in [0, 0.05) is 11.1 Å². The molecule has 7 nitrogen and oxygen atoms in total. The van der Waals surface area contributed by atoms with E-state index in [2.05, 4.69) is 9.71 Å². The van der Waals surface area contributed by atoms with Gasteiger partial charge in [-0.3, -0.25) is 4.79 Å². The number of para-hydroxylation sites is 1. The third-order valence-electron chi connectivity index (χ3n) is 5.11. The zero-order chi connectivity index (χ0) is 24.6. The zero-order valence-corrected chi connectivity index (χ0v) is 20.5. The number of aryl methyl sites for hydroxylation is 3. The second-order valence-electron chi connectivity index (χ2n) is 9.10. The third kappa shape index (κ3) is 5.34. The van der Waals surface area contributed by atoms with Gasteiger partial charge in [0.05, 0.1) is 5.69 Å². The molecule has 1 aromatic heterocycles. The number of benzene rings is 2. The van der Waals surface area contributed by atoms with Crippen molar-refractivity contribution in [3.63, 3.8) is 0 Å². The molecule has 0 radical (unpaired) electrons. The summed E-state index contributed by atoms with van der Waals surface area (Å²) in [6.45, 7) is 11.8. The number of pyridine rings is 1. The van der Waals surface area contributed by atoms with Gasteiger partial charge < -0.3 is 10.5 Å². The Labute approximate surface area is 195 Å². The molecular weight excluding hydrogens is 438 g/mol. The summed E-state index contributed by atoms with van der Waals surface area (Å²) in [5.41, 5.74) is 9.08. The minimum absolute atomic E-state index is 0.000419. The highest BCUT2D eigenvalue weighted by molar-refractivity contribution is 7.90. The Morgan fingerprint density at radius 1 is 1.00 bits per heavy atom. The first kappa shape index (κ1) is 24.3. The Balaban J connectivity index is 2.06. The molecule has 0 unspecified atom stereocenters. The number of sulfonamides is 1. The lowest BCUT2D eigenvalue weighted by Crippen LogP contribution is -2.31. The van der Waals surface area contributed by atoms with Crippen LogP contribution in [0.4, 0.5) is 5.69 Å². The summed E-state index contributed by atoms with van der Waals surface area (Å²) in [5.74, 6) is -0.252. The van der Waals surface area contributed by atoms with Crippen molar-refractivity contribution in [2.24, 2.45) is 0 Å². The Bertz CT molecular complexity index is 1300. The fourth-order valence-corrected chi connectivity index (χ4v) is 4.59. The second kappa shape index (κ2) is 8.86. The lowest BCUT2D eigenvalue weighted by molar-refractivity contribution is 0.0978. The number of carbonyl (C=O) groups is 1. The summed E-state index contributed by atoms with van der Waals surface area (Å²) in [7, 11) is -4.20. The van der Waals surface area contributed by atoms with Crippen LogP contribution in [0, 0.1) is 20.8 Å². The molecule has 0 aliphatic rings. The minimum Gasteiger partial charge on any atom is -0.438 e. The number of nitrogens with one attached hydrogen (secondary N) is 1. The quantitative estimate of drug-likeness (QED) is 0.522. The molecule has 3 N–H and O–H groups in total. The number of anilines is 1. The first-order valence-corrected chi connectivity index (χ1v) is 12.0. The molecule has 1 amide bonds. The summed E-state index contributed by atoms with van der Waals surface area (Å²) in [6, 6.07) is 13.1. The van der Waals surface area contributed by atoms with Crippen LogP contribution in [0.2, 0.25) is 0 Å². The first-order chi connectivity index (χ1) is 15.3.